The van der Waals surface area contributed by atoms with E-state index >= 15 is 0 Å². The van der Waals surface area contributed by atoms with Crippen molar-refractivity contribution in [2.45, 2.75) is 33.4 Å². The molecule has 2 N–H and O–H groups in total. The Hall–Kier alpha value is -0.250. The van der Waals surface area contributed by atoms with Crippen LogP contribution in [-0.2, 0) is 0 Å². The third-order valence-electron chi connectivity index (χ3n) is 1.99. The molecule has 0 spiro atoms. The molecule has 1 atom stereocenters. The molecule has 0 bridgehead atoms. The normalized spacial score (nSPS) is 18.0. The highest BCUT2D eigenvalue weighted by Crippen LogP contribution is 2.41. The maximum absolute atomic E-state index is 12.4. The summed E-state index contributed by atoms with van der Waals surface area (Å²) >= 11 is 0. The fourth-order valence-corrected chi connectivity index (χ4v) is 1.22. The molecule has 4 heteroatoms. The van der Waals surface area contributed by atoms with Gasteiger partial charge in [-0.3, -0.25) is 0 Å². The number of halogens is 3. The number of nitrogens with two attached hydrogens (primary N) is 1. The maximum Gasteiger partial charge on any atom is 0.395 e. The van der Waals surface area contributed by atoms with Crippen molar-refractivity contribution < 1.29 is 13.2 Å². The molecular formula is C8H16F3N. The summed E-state index contributed by atoms with van der Waals surface area (Å²) in [5.41, 5.74) is 3.40. The summed E-state index contributed by atoms with van der Waals surface area (Å²) < 4.78 is 37.2. The highest BCUT2D eigenvalue weighted by atomic mass is 19.4. The SMILES string of the molecule is CC(C)CC(C)(CN)C(F)(F)F. The van der Waals surface area contributed by atoms with Gasteiger partial charge in [0, 0.05) is 6.54 Å². The van der Waals surface area contributed by atoms with Crippen molar-refractivity contribution in [3.8, 4) is 0 Å². The number of alkyl halides is 3. The monoisotopic (exact) mass is 183 g/mol. The van der Waals surface area contributed by atoms with Crippen LogP contribution >= 0.6 is 0 Å². The highest BCUT2D eigenvalue weighted by molar-refractivity contribution is 4.83. The Bertz CT molecular complexity index is 142. The largest absolute Gasteiger partial charge is 0.395 e. The molecule has 0 aliphatic rings. The third-order valence-corrected chi connectivity index (χ3v) is 1.99. The van der Waals surface area contributed by atoms with Crippen LogP contribution in [0.4, 0.5) is 13.2 Å². The first-order chi connectivity index (χ1) is 5.23. The van der Waals surface area contributed by atoms with Crippen molar-refractivity contribution in [2.24, 2.45) is 17.1 Å². The molecule has 74 valence electrons. The molecule has 0 fully saturated rings. The van der Waals surface area contributed by atoms with E-state index in [1.54, 1.807) is 13.8 Å². The van der Waals surface area contributed by atoms with E-state index in [1.165, 1.54) is 6.92 Å². The van der Waals surface area contributed by atoms with Gasteiger partial charge in [-0.15, -0.1) is 0 Å². The molecule has 1 unspecified atom stereocenters. The fourth-order valence-electron chi connectivity index (χ4n) is 1.22. The summed E-state index contributed by atoms with van der Waals surface area (Å²) in [6, 6.07) is 0. The van der Waals surface area contributed by atoms with Crippen LogP contribution in [0.25, 0.3) is 0 Å². The molecule has 0 rings (SSSR count). The molecule has 0 amide bonds. The average molecular weight is 183 g/mol. The zero-order valence-electron chi connectivity index (χ0n) is 7.70. The van der Waals surface area contributed by atoms with Gasteiger partial charge in [0.1, 0.15) is 0 Å². The molecule has 0 aromatic rings. The molecular weight excluding hydrogens is 167 g/mol. The number of hydrogen-bond donors (Lipinski definition) is 1. The van der Waals surface area contributed by atoms with E-state index in [2.05, 4.69) is 0 Å². The van der Waals surface area contributed by atoms with Gasteiger partial charge in [0.25, 0.3) is 0 Å². The Balaban J connectivity index is 4.46. The van der Waals surface area contributed by atoms with E-state index in [-0.39, 0.29) is 18.9 Å². The lowest BCUT2D eigenvalue weighted by molar-refractivity contribution is -0.219. The topological polar surface area (TPSA) is 26.0 Å². The van der Waals surface area contributed by atoms with E-state index in [4.69, 9.17) is 5.73 Å². The van der Waals surface area contributed by atoms with Crippen molar-refractivity contribution in [1.82, 2.24) is 0 Å². The Morgan fingerprint density at radius 1 is 1.25 bits per heavy atom. The smallest absolute Gasteiger partial charge is 0.330 e. The molecule has 0 radical (unpaired) electrons. The Labute approximate surface area is 71.1 Å². The zero-order chi connectivity index (χ0) is 9.99. The quantitative estimate of drug-likeness (QED) is 0.715. The summed E-state index contributed by atoms with van der Waals surface area (Å²) in [5, 5.41) is 0. The highest BCUT2D eigenvalue weighted by Gasteiger charge is 2.49. The molecule has 0 aromatic carbocycles. The Morgan fingerprint density at radius 2 is 1.67 bits per heavy atom. The first-order valence-corrected chi connectivity index (χ1v) is 4.00. The lowest BCUT2D eigenvalue weighted by Crippen LogP contribution is -2.42. The summed E-state index contributed by atoms with van der Waals surface area (Å²) in [4.78, 5) is 0. The minimum Gasteiger partial charge on any atom is -0.330 e. The molecule has 0 aliphatic carbocycles. The second-order valence-electron chi connectivity index (χ2n) is 3.86. The van der Waals surface area contributed by atoms with Crippen LogP contribution in [0.2, 0.25) is 0 Å². The number of hydrogen-bond acceptors (Lipinski definition) is 1. The maximum atomic E-state index is 12.4. The van der Waals surface area contributed by atoms with Crippen LogP contribution in [0.3, 0.4) is 0 Å². The lowest BCUT2D eigenvalue weighted by Gasteiger charge is -2.32. The molecule has 0 aliphatic heterocycles. The second kappa shape index (κ2) is 3.64. The van der Waals surface area contributed by atoms with E-state index in [0.29, 0.717) is 0 Å². The van der Waals surface area contributed by atoms with Crippen LogP contribution < -0.4 is 5.73 Å². The van der Waals surface area contributed by atoms with E-state index in [9.17, 15) is 13.2 Å². The molecule has 0 saturated carbocycles. The van der Waals surface area contributed by atoms with E-state index < -0.39 is 11.6 Å². The Morgan fingerprint density at radius 3 is 1.75 bits per heavy atom. The molecule has 0 heterocycles. The summed E-state index contributed by atoms with van der Waals surface area (Å²) in [7, 11) is 0. The second-order valence-corrected chi connectivity index (χ2v) is 3.86. The van der Waals surface area contributed by atoms with E-state index in [1.807, 2.05) is 0 Å². The van der Waals surface area contributed by atoms with E-state index in [0.717, 1.165) is 0 Å². The van der Waals surface area contributed by atoms with Crippen LogP contribution in [0.5, 0.6) is 0 Å². The number of rotatable bonds is 3. The van der Waals surface area contributed by atoms with Gasteiger partial charge in [0.15, 0.2) is 0 Å². The molecule has 0 aromatic heterocycles. The summed E-state index contributed by atoms with van der Waals surface area (Å²) in [5.74, 6) is 0.0141. The van der Waals surface area contributed by atoms with Gasteiger partial charge in [-0.05, 0) is 19.3 Å². The van der Waals surface area contributed by atoms with Crippen LogP contribution in [0.1, 0.15) is 27.2 Å². The summed E-state index contributed by atoms with van der Waals surface area (Å²) in [6.07, 6.45) is -4.10. The zero-order valence-corrected chi connectivity index (χ0v) is 7.70. The predicted octanol–water partition coefficient (Wildman–Crippen LogP) is 2.56. The Kier molecular flexibility index (Phi) is 3.57. The lowest BCUT2D eigenvalue weighted by atomic mass is 9.81. The van der Waals surface area contributed by atoms with Gasteiger partial charge in [-0.1, -0.05) is 13.8 Å². The van der Waals surface area contributed by atoms with Crippen molar-refractivity contribution in [1.29, 1.82) is 0 Å². The minimum atomic E-state index is -4.19. The van der Waals surface area contributed by atoms with Crippen LogP contribution in [-0.4, -0.2) is 12.7 Å². The minimum absolute atomic E-state index is 0.0141. The van der Waals surface area contributed by atoms with Crippen molar-refractivity contribution in [2.75, 3.05) is 6.54 Å². The van der Waals surface area contributed by atoms with Crippen molar-refractivity contribution in [3.05, 3.63) is 0 Å². The van der Waals surface area contributed by atoms with Gasteiger partial charge in [-0.2, -0.15) is 13.2 Å². The van der Waals surface area contributed by atoms with Gasteiger partial charge < -0.3 is 5.73 Å². The van der Waals surface area contributed by atoms with Crippen molar-refractivity contribution >= 4 is 0 Å². The molecule has 12 heavy (non-hydrogen) atoms. The fraction of sp³-hybridized carbons (Fsp3) is 1.00. The van der Waals surface area contributed by atoms with Crippen LogP contribution in [0.15, 0.2) is 0 Å². The summed E-state index contributed by atoms with van der Waals surface area (Å²) in [6.45, 7) is 4.36. The van der Waals surface area contributed by atoms with Crippen LogP contribution in [0, 0.1) is 11.3 Å². The first kappa shape index (κ1) is 11.8. The third kappa shape index (κ3) is 2.66. The van der Waals surface area contributed by atoms with Crippen molar-refractivity contribution in [3.63, 3.8) is 0 Å². The van der Waals surface area contributed by atoms with Gasteiger partial charge in [-0.25, -0.2) is 0 Å². The predicted molar refractivity (Wildman–Crippen MR) is 42.7 cm³/mol. The average Bonchev–Trinajstić information content (AvgIpc) is 1.83. The van der Waals surface area contributed by atoms with Gasteiger partial charge in [0.05, 0.1) is 5.41 Å². The van der Waals surface area contributed by atoms with Gasteiger partial charge >= 0.3 is 6.18 Å². The van der Waals surface area contributed by atoms with Gasteiger partial charge in [0.2, 0.25) is 0 Å². The molecule has 0 saturated heterocycles. The molecule has 1 nitrogen and oxygen atoms in total. The standard InChI is InChI=1S/C8H16F3N/c1-6(2)4-7(3,5-12)8(9,10)11/h6H,4-5,12H2,1-3H3. The first-order valence-electron chi connectivity index (χ1n) is 4.00.